The number of carbonyl (C=O) groups is 1. The Balaban J connectivity index is 1.91. The molecule has 1 aromatic heterocycles. The summed E-state index contributed by atoms with van der Waals surface area (Å²) in [6.45, 7) is 1.49. The molecule has 0 aromatic carbocycles. The number of thiophene rings is 1. The van der Waals surface area contributed by atoms with Crippen LogP contribution in [0.5, 0.6) is 0 Å². The van der Waals surface area contributed by atoms with Gasteiger partial charge in [-0.3, -0.25) is 4.79 Å². The summed E-state index contributed by atoms with van der Waals surface area (Å²) >= 11 is 5.60. The number of thiol groups is 1. The smallest absolute Gasteiger partial charge is 0.261 e. The van der Waals surface area contributed by atoms with Gasteiger partial charge in [0.2, 0.25) is 0 Å². The van der Waals surface area contributed by atoms with Crippen LogP contribution < -0.4 is 5.32 Å². The first-order valence-electron chi connectivity index (χ1n) is 4.92. The summed E-state index contributed by atoms with van der Waals surface area (Å²) in [4.78, 5) is 13.3. The molecule has 15 heavy (non-hydrogen) atoms. The molecule has 0 saturated carbocycles. The van der Waals surface area contributed by atoms with Crippen molar-refractivity contribution in [3.63, 3.8) is 0 Å². The molecule has 1 aromatic rings. The number of amides is 1. The van der Waals surface area contributed by atoms with Crippen LogP contribution in [0.4, 0.5) is 0 Å². The topological polar surface area (TPSA) is 38.3 Å². The van der Waals surface area contributed by atoms with Gasteiger partial charge in [0.15, 0.2) is 0 Å². The summed E-state index contributed by atoms with van der Waals surface area (Å²) in [6, 6.07) is 2.05. The summed E-state index contributed by atoms with van der Waals surface area (Å²) in [5.41, 5.74) is 0. The van der Waals surface area contributed by atoms with Gasteiger partial charge in [0.1, 0.15) is 0 Å². The van der Waals surface area contributed by atoms with Crippen molar-refractivity contribution in [3.05, 3.63) is 16.3 Å². The van der Waals surface area contributed by atoms with Crippen molar-refractivity contribution in [3.8, 4) is 0 Å². The van der Waals surface area contributed by atoms with Gasteiger partial charge in [-0.25, -0.2) is 0 Å². The molecule has 0 spiro atoms. The van der Waals surface area contributed by atoms with Crippen molar-refractivity contribution in [2.24, 2.45) is 0 Å². The van der Waals surface area contributed by atoms with E-state index in [1.54, 1.807) is 6.07 Å². The molecule has 3 nitrogen and oxygen atoms in total. The number of carbonyl (C=O) groups excluding carboxylic acids is 1. The van der Waals surface area contributed by atoms with Gasteiger partial charge in [-0.2, -0.15) is 0 Å². The highest BCUT2D eigenvalue weighted by Gasteiger charge is 2.17. The maximum absolute atomic E-state index is 11.8. The number of rotatable bonds is 2. The Bertz CT molecular complexity index is 345. The van der Waals surface area contributed by atoms with E-state index in [-0.39, 0.29) is 11.9 Å². The first kappa shape index (κ1) is 11.0. The lowest BCUT2D eigenvalue weighted by Gasteiger charge is -2.22. The molecule has 2 rings (SSSR count). The van der Waals surface area contributed by atoms with Crippen LogP contribution in [0, 0.1) is 0 Å². The van der Waals surface area contributed by atoms with E-state index in [0.29, 0.717) is 0 Å². The second kappa shape index (κ2) is 5.01. The summed E-state index contributed by atoms with van der Waals surface area (Å²) in [6.07, 6.45) is 1.82. The summed E-state index contributed by atoms with van der Waals surface area (Å²) in [7, 11) is 0. The third-order valence-electron chi connectivity index (χ3n) is 2.37. The fourth-order valence-electron chi connectivity index (χ4n) is 1.54. The summed E-state index contributed by atoms with van der Waals surface area (Å²) < 4.78 is 5.23. The highest BCUT2D eigenvalue weighted by atomic mass is 32.1. The second-order valence-electron chi connectivity index (χ2n) is 3.53. The van der Waals surface area contributed by atoms with Gasteiger partial charge in [0, 0.05) is 29.5 Å². The molecule has 1 saturated heterocycles. The average Bonchev–Trinajstić information content (AvgIpc) is 2.66. The number of hydrogen-bond acceptors (Lipinski definition) is 4. The lowest BCUT2D eigenvalue weighted by atomic mass is 10.1. The van der Waals surface area contributed by atoms with Crippen molar-refractivity contribution >= 4 is 29.9 Å². The molecule has 1 aliphatic rings. The zero-order valence-electron chi connectivity index (χ0n) is 8.23. The highest BCUT2D eigenvalue weighted by molar-refractivity contribution is 7.80. The first-order chi connectivity index (χ1) is 7.25. The van der Waals surface area contributed by atoms with E-state index >= 15 is 0 Å². The Kier molecular flexibility index (Phi) is 3.66. The average molecular weight is 243 g/mol. The third-order valence-corrected chi connectivity index (χ3v) is 3.73. The molecule has 1 aliphatic heterocycles. The zero-order valence-corrected chi connectivity index (χ0v) is 9.94. The fourth-order valence-corrected chi connectivity index (χ4v) is 2.60. The van der Waals surface area contributed by atoms with Crippen molar-refractivity contribution in [1.29, 1.82) is 0 Å². The Morgan fingerprint density at radius 2 is 2.27 bits per heavy atom. The molecule has 0 atom stereocenters. The molecule has 0 aliphatic carbocycles. The molecule has 0 unspecified atom stereocenters. The van der Waals surface area contributed by atoms with E-state index in [1.165, 1.54) is 11.3 Å². The van der Waals surface area contributed by atoms with Crippen molar-refractivity contribution in [2.75, 3.05) is 13.2 Å². The van der Waals surface area contributed by atoms with Gasteiger partial charge in [0.25, 0.3) is 5.91 Å². The molecule has 82 valence electrons. The third kappa shape index (κ3) is 2.96. The van der Waals surface area contributed by atoms with Crippen LogP contribution in [0.1, 0.15) is 22.5 Å². The molecular formula is C10H13NO2S2. The predicted octanol–water partition coefficient (Wildman–Crippen LogP) is 1.95. The quantitative estimate of drug-likeness (QED) is 0.779. The standard InChI is InChI=1S/C10H13NO2S2/c12-10(9-5-8(14)6-15-9)11-7-1-3-13-4-2-7/h5-7,14H,1-4H2,(H,11,12). The van der Waals surface area contributed by atoms with Crippen molar-refractivity contribution < 1.29 is 9.53 Å². The van der Waals surface area contributed by atoms with Crippen LogP contribution in [0.2, 0.25) is 0 Å². The minimum atomic E-state index is 0.00667. The lowest BCUT2D eigenvalue weighted by molar-refractivity contribution is 0.0698. The normalized spacial score (nSPS) is 17.7. The SMILES string of the molecule is O=C(NC1CCOCC1)c1cc(S)cs1. The molecule has 1 amide bonds. The second-order valence-corrected chi connectivity index (χ2v) is 4.96. The van der Waals surface area contributed by atoms with Gasteiger partial charge in [-0.1, -0.05) is 0 Å². The molecule has 0 bridgehead atoms. The maximum atomic E-state index is 11.8. The lowest BCUT2D eigenvalue weighted by Crippen LogP contribution is -2.38. The van der Waals surface area contributed by atoms with Crippen LogP contribution in [0.15, 0.2) is 16.3 Å². The van der Waals surface area contributed by atoms with E-state index < -0.39 is 0 Å². The summed E-state index contributed by atoms with van der Waals surface area (Å²) in [5.74, 6) is 0.00667. The van der Waals surface area contributed by atoms with Gasteiger partial charge in [0.05, 0.1) is 4.88 Å². The van der Waals surface area contributed by atoms with E-state index in [2.05, 4.69) is 17.9 Å². The van der Waals surface area contributed by atoms with Gasteiger partial charge in [-0.15, -0.1) is 24.0 Å². The van der Waals surface area contributed by atoms with Crippen LogP contribution in [0.25, 0.3) is 0 Å². The predicted molar refractivity (Wildman–Crippen MR) is 62.9 cm³/mol. The minimum absolute atomic E-state index is 0.00667. The van der Waals surface area contributed by atoms with E-state index in [9.17, 15) is 4.79 Å². The Labute approximate surface area is 98.2 Å². The van der Waals surface area contributed by atoms with Crippen LogP contribution in [-0.4, -0.2) is 25.2 Å². The largest absolute Gasteiger partial charge is 0.381 e. The van der Waals surface area contributed by atoms with Crippen LogP contribution in [0.3, 0.4) is 0 Å². The van der Waals surface area contributed by atoms with Gasteiger partial charge < -0.3 is 10.1 Å². The van der Waals surface area contributed by atoms with E-state index in [0.717, 1.165) is 35.8 Å². The zero-order chi connectivity index (χ0) is 10.7. The molecule has 2 heterocycles. The molecule has 1 fully saturated rings. The summed E-state index contributed by atoms with van der Waals surface area (Å²) in [5, 5.41) is 4.87. The molecular weight excluding hydrogens is 230 g/mol. The first-order valence-corrected chi connectivity index (χ1v) is 6.24. The maximum Gasteiger partial charge on any atom is 0.261 e. The molecule has 1 N–H and O–H groups in total. The van der Waals surface area contributed by atoms with Gasteiger partial charge >= 0.3 is 0 Å². The monoisotopic (exact) mass is 243 g/mol. The Morgan fingerprint density at radius 1 is 1.53 bits per heavy atom. The van der Waals surface area contributed by atoms with E-state index in [4.69, 9.17) is 4.74 Å². The Hall–Kier alpha value is -0.520. The highest BCUT2D eigenvalue weighted by Crippen LogP contribution is 2.18. The van der Waals surface area contributed by atoms with E-state index in [1.807, 2.05) is 5.38 Å². The number of ether oxygens (including phenoxy) is 1. The number of nitrogens with one attached hydrogen (secondary N) is 1. The van der Waals surface area contributed by atoms with Crippen LogP contribution in [-0.2, 0) is 4.74 Å². The number of hydrogen-bond donors (Lipinski definition) is 2. The fraction of sp³-hybridized carbons (Fsp3) is 0.500. The molecule has 0 radical (unpaired) electrons. The Morgan fingerprint density at radius 3 is 2.87 bits per heavy atom. The minimum Gasteiger partial charge on any atom is -0.381 e. The van der Waals surface area contributed by atoms with Crippen LogP contribution >= 0.6 is 24.0 Å². The molecule has 5 heteroatoms. The van der Waals surface area contributed by atoms with Crippen molar-refractivity contribution in [1.82, 2.24) is 5.32 Å². The van der Waals surface area contributed by atoms with Crippen molar-refractivity contribution in [2.45, 2.75) is 23.8 Å². The van der Waals surface area contributed by atoms with Gasteiger partial charge in [-0.05, 0) is 18.9 Å².